The number of nitrogens with one attached hydrogen (secondary N) is 1. The fraction of sp³-hybridized carbons (Fsp3) is 0.267. The number of aromatic nitrogens is 3. The first-order chi connectivity index (χ1) is 10.1. The van der Waals surface area contributed by atoms with Crippen LogP contribution in [0.15, 0.2) is 30.9 Å². The minimum absolute atomic E-state index is 0.180. The summed E-state index contributed by atoms with van der Waals surface area (Å²) in [6, 6.07) is 5.22. The van der Waals surface area contributed by atoms with Crippen molar-refractivity contribution in [3.8, 4) is 11.8 Å². The van der Waals surface area contributed by atoms with Crippen LogP contribution >= 0.6 is 0 Å². The van der Waals surface area contributed by atoms with Gasteiger partial charge < -0.3 is 11.1 Å². The molecule has 0 saturated carbocycles. The number of carbonyl (C=O) groups is 1. The Bertz CT molecular complexity index is 682. The molecule has 0 aliphatic rings. The number of carbonyl (C=O) groups excluding carboxylic acids is 1. The standard InChI is InChI=1S/C15H17N5O/c1-11-5-6-14(13(8-11)4-3-7-16)19-15(21)12(2)20-10-17-9-18-20/h5-6,8-10,12H,7,16H2,1-2H3,(H,19,21). The Balaban J connectivity index is 2.21. The van der Waals surface area contributed by atoms with E-state index in [9.17, 15) is 4.79 Å². The van der Waals surface area contributed by atoms with Gasteiger partial charge in [0.2, 0.25) is 5.91 Å². The van der Waals surface area contributed by atoms with Crippen LogP contribution in [0.1, 0.15) is 24.1 Å². The summed E-state index contributed by atoms with van der Waals surface area (Å²) in [6.07, 6.45) is 2.91. The van der Waals surface area contributed by atoms with Crippen molar-refractivity contribution < 1.29 is 4.79 Å². The molecule has 2 aromatic rings. The van der Waals surface area contributed by atoms with Crippen molar-refractivity contribution >= 4 is 11.6 Å². The van der Waals surface area contributed by atoms with Crippen LogP contribution in [0.3, 0.4) is 0 Å². The lowest BCUT2D eigenvalue weighted by atomic mass is 10.1. The van der Waals surface area contributed by atoms with Gasteiger partial charge >= 0.3 is 0 Å². The van der Waals surface area contributed by atoms with Gasteiger partial charge in [-0.15, -0.1) is 0 Å². The Hall–Kier alpha value is -2.65. The molecule has 0 radical (unpaired) electrons. The highest BCUT2D eigenvalue weighted by Crippen LogP contribution is 2.18. The van der Waals surface area contributed by atoms with E-state index in [0.717, 1.165) is 11.1 Å². The molecule has 1 unspecified atom stereocenters. The summed E-state index contributed by atoms with van der Waals surface area (Å²) in [7, 11) is 0. The molecule has 0 aliphatic carbocycles. The lowest BCUT2D eigenvalue weighted by molar-refractivity contribution is -0.119. The number of benzene rings is 1. The molecule has 0 aliphatic heterocycles. The smallest absolute Gasteiger partial charge is 0.249 e. The highest BCUT2D eigenvalue weighted by Gasteiger charge is 2.16. The normalized spacial score (nSPS) is 11.4. The maximum atomic E-state index is 12.2. The quantitative estimate of drug-likeness (QED) is 0.826. The van der Waals surface area contributed by atoms with E-state index in [0.29, 0.717) is 5.69 Å². The van der Waals surface area contributed by atoms with Crippen molar-refractivity contribution in [3.05, 3.63) is 42.0 Å². The molecule has 0 spiro atoms. The Kier molecular flexibility index (Phi) is 4.69. The minimum atomic E-state index is -0.455. The zero-order valence-corrected chi connectivity index (χ0v) is 12.0. The number of hydrogen-bond donors (Lipinski definition) is 2. The van der Waals surface area contributed by atoms with Gasteiger partial charge in [0.25, 0.3) is 0 Å². The van der Waals surface area contributed by atoms with Gasteiger partial charge in [-0.3, -0.25) is 4.79 Å². The van der Waals surface area contributed by atoms with Crippen molar-refractivity contribution in [1.29, 1.82) is 0 Å². The van der Waals surface area contributed by atoms with Gasteiger partial charge in [0.05, 0.1) is 12.2 Å². The third-order valence-corrected chi connectivity index (χ3v) is 2.97. The molecular weight excluding hydrogens is 266 g/mol. The summed E-state index contributed by atoms with van der Waals surface area (Å²) >= 11 is 0. The molecule has 108 valence electrons. The maximum absolute atomic E-state index is 12.2. The van der Waals surface area contributed by atoms with E-state index in [1.54, 1.807) is 6.92 Å². The summed E-state index contributed by atoms with van der Waals surface area (Å²) in [6.45, 7) is 4.00. The van der Waals surface area contributed by atoms with Crippen LogP contribution in [-0.4, -0.2) is 27.2 Å². The highest BCUT2D eigenvalue weighted by atomic mass is 16.2. The number of amides is 1. The number of aryl methyl sites for hydroxylation is 1. The third-order valence-electron chi connectivity index (χ3n) is 2.97. The topological polar surface area (TPSA) is 85.8 Å². The van der Waals surface area contributed by atoms with Gasteiger partial charge in [-0.1, -0.05) is 17.9 Å². The van der Waals surface area contributed by atoms with Crippen LogP contribution < -0.4 is 11.1 Å². The summed E-state index contributed by atoms with van der Waals surface area (Å²) < 4.78 is 1.49. The SMILES string of the molecule is Cc1ccc(NC(=O)C(C)n2cncn2)c(C#CCN)c1. The second-order valence-corrected chi connectivity index (χ2v) is 4.60. The lowest BCUT2D eigenvalue weighted by Crippen LogP contribution is -2.24. The van der Waals surface area contributed by atoms with Crippen LogP contribution in [0.25, 0.3) is 0 Å². The molecule has 1 atom stereocenters. The van der Waals surface area contributed by atoms with Crippen molar-refractivity contribution in [2.24, 2.45) is 5.73 Å². The second kappa shape index (κ2) is 6.68. The van der Waals surface area contributed by atoms with Crippen molar-refractivity contribution in [2.45, 2.75) is 19.9 Å². The summed E-state index contributed by atoms with van der Waals surface area (Å²) in [5, 5.41) is 6.83. The fourth-order valence-corrected chi connectivity index (χ4v) is 1.79. The molecule has 3 N–H and O–H groups in total. The first kappa shape index (κ1) is 14.8. The van der Waals surface area contributed by atoms with Crippen LogP contribution in [0.5, 0.6) is 0 Å². The van der Waals surface area contributed by atoms with E-state index < -0.39 is 6.04 Å². The lowest BCUT2D eigenvalue weighted by Gasteiger charge is -2.13. The predicted molar refractivity (Wildman–Crippen MR) is 80.5 cm³/mol. The Labute approximate surface area is 123 Å². The number of rotatable bonds is 3. The minimum Gasteiger partial charge on any atom is -0.323 e. The van der Waals surface area contributed by atoms with Crippen LogP contribution in [0, 0.1) is 18.8 Å². The first-order valence-corrected chi connectivity index (χ1v) is 6.56. The summed E-state index contributed by atoms with van der Waals surface area (Å²) in [5.74, 6) is 5.59. The van der Waals surface area contributed by atoms with Gasteiger partial charge in [0.15, 0.2) is 0 Å². The first-order valence-electron chi connectivity index (χ1n) is 6.56. The van der Waals surface area contributed by atoms with Crippen molar-refractivity contribution in [2.75, 3.05) is 11.9 Å². The van der Waals surface area contributed by atoms with Gasteiger partial charge in [-0.2, -0.15) is 5.10 Å². The van der Waals surface area contributed by atoms with Crippen LogP contribution in [0.2, 0.25) is 0 Å². The van der Waals surface area contributed by atoms with Crippen LogP contribution in [0.4, 0.5) is 5.69 Å². The van der Waals surface area contributed by atoms with Gasteiger partial charge in [0, 0.05) is 5.56 Å². The highest BCUT2D eigenvalue weighted by molar-refractivity contribution is 5.94. The van der Waals surface area contributed by atoms with E-state index in [1.165, 1.54) is 17.3 Å². The Morgan fingerprint density at radius 3 is 3.00 bits per heavy atom. The van der Waals surface area contributed by atoms with E-state index in [4.69, 9.17) is 5.73 Å². The molecule has 2 rings (SSSR count). The average molecular weight is 283 g/mol. The summed E-state index contributed by atoms with van der Waals surface area (Å²) in [4.78, 5) is 16.1. The van der Waals surface area contributed by atoms with E-state index >= 15 is 0 Å². The van der Waals surface area contributed by atoms with E-state index in [1.807, 2.05) is 25.1 Å². The molecule has 0 fully saturated rings. The van der Waals surface area contributed by atoms with E-state index in [2.05, 4.69) is 27.2 Å². The second-order valence-electron chi connectivity index (χ2n) is 4.60. The number of nitrogens with zero attached hydrogens (tertiary/aromatic N) is 3. The zero-order valence-electron chi connectivity index (χ0n) is 12.0. The van der Waals surface area contributed by atoms with E-state index in [-0.39, 0.29) is 12.5 Å². The molecule has 0 saturated heterocycles. The molecular formula is C15H17N5O. The molecule has 1 aromatic heterocycles. The predicted octanol–water partition coefficient (Wildman–Crippen LogP) is 1.10. The van der Waals surface area contributed by atoms with Crippen molar-refractivity contribution in [3.63, 3.8) is 0 Å². The molecule has 1 aromatic carbocycles. The monoisotopic (exact) mass is 283 g/mol. The average Bonchev–Trinajstić information content (AvgIpc) is 3.00. The van der Waals surface area contributed by atoms with Gasteiger partial charge in [0.1, 0.15) is 18.7 Å². The maximum Gasteiger partial charge on any atom is 0.249 e. The number of hydrogen-bond acceptors (Lipinski definition) is 4. The molecule has 6 nitrogen and oxygen atoms in total. The fourth-order valence-electron chi connectivity index (χ4n) is 1.79. The van der Waals surface area contributed by atoms with Crippen LogP contribution in [-0.2, 0) is 4.79 Å². The molecule has 1 amide bonds. The molecule has 0 bridgehead atoms. The summed E-state index contributed by atoms with van der Waals surface area (Å²) in [5.41, 5.74) is 7.88. The van der Waals surface area contributed by atoms with Crippen molar-refractivity contribution in [1.82, 2.24) is 14.8 Å². The third kappa shape index (κ3) is 3.68. The Morgan fingerprint density at radius 1 is 1.52 bits per heavy atom. The largest absolute Gasteiger partial charge is 0.323 e. The zero-order chi connectivity index (χ0) is 15.2. The Morgan fingerprint density at radius 2 is 2.33 bits per heavy atom. The van der Waals surface area contributed by atoms with Gasteiger partial charge in [-0.05, 0) is 31.5 Å². The number of anilines is 1. The number of nitrogens with two attached hydrogens (primary N) is 1. The molecule has 1 heterocycles. The molecule has 21 heavy (non-hydrogen) atoms. The van der Waals surface area contributed by atoms with Gasteiger partial charge in [-0.25, -0.2) is 9.67 Å². The molecule has 6 heteroatoms.